The van der Waals surface area contributed by atoms with Crippen LogP contribution in [0.25, 0.3) is 11.1 Å². The number of carbonyl (C=O) groups is 2. The molecule has 140 valence electrons. The van der Waals surface area contributed by atoms with Crippen LogP contribution in [-0.4, -0.2) is 42.1 Å². The predicted octanol–water partition coefficient (Wildman–Crippen LogP) is 2.64. The zero-order valence-electron chi connectivity index (χ0n) is 14.4. The molecule has 0 saturated carbocycles. The zero-order chi connectivity index (χ0) is 19.2. The molecule has 8 heteroatoms. The quantitative estimate of drug-likeness (QED) is 0.878. The van der Waals surface area contributed by atoms with Crippen molar-refractivity contribution in [1.29, 1.82) is 0 Å². The number of amides is 2. The number of fused-ring (bicyclic) bond motifs is 1. The van der Waals surface area contributed by atoms with E-state index in [1.54, 1.807) is 37.3 Å². The number of nitrogens with one attached hydrogen (secondary N) is 1. The van der Waals surface area contributed by atoms with Crippen molar-refractivity contribution in [2.75, 3.05) is 13.1 Å². The van der Waals surface area contributed by atoms with Crippen LogP contribution in [0.5, 0.6) is 11.5 Å². The molecule has 0 aromatic heterocycles. The maximum Gasteiger partial charge on any atom is 0.586 e. The molecular weight excluding hydrogens is 358 g/mol. The van der Waals surface area contributed by atoms with Crippen molar-refractivity contribution >= 4 is 11.8 Å². The topological polar surface area (TPSA) is 67.9 Å². The van der Waals surface area contributed by atoms with Gasteiger partial charge in [-0.05, 0) is 42.3 Å². The van der Waals surface area contributed by atoms with Crippen molar-refractivity contribution in [3.63, 3.8) is 0 Å². The van der Waals surface area contributed by atoms with Crippen LogP contribution in [0, 0.1) is 0 Å². The molecule has 0 aliphatic carbocycles. The van der Waals surface area contributed by atoms with E-state index in [0.29, 0.717) is 29.8 Å². The van der Waals surface area contributed by atoms with E-state index in [2.05, 4.69) is 14.8 Å². The molecule has 2 aliphatic rings. The first-order valence-electron chi connectivity index (χ1n) is 8.43. The van der Waals surface area contributed by atoms with Gasteiger partial charge in [-0.3, -0.25) is 9.59 Å². The Morgan fingerprint density at radius 3 is 2.70 bits per heavy atom. The largest absolute Gasteiger partial charge is 0.586 e. The Morgan fingerprint density at radius 2 is 1.89 bits per heavy atom. The van der Waals surface area contributed by atoms with E-state index in [1.165, 1.54) is 17.0 Å². The molecule has 1 fully saturated rings. The number of alkyl halides is 2. The summed E-state index contributed by atoms with van der Waals surface area (Å²) >= 11 is 0. The molecule has 1 atom stereocenters. The average Bonchev–Trinajstić information content (AvgIpc) is 2.96. The fraction of sp³-hybridized carbons (Fsp3) is 0.263. The van der Waals surface area contributed by atoms with E-state index in [-0.39, 0.29) is 23.3 Å². The molecule has 1 saturated heterocycles. The number of ether oxygens (including phenoxy) is 2. The Labute approximate surface area is 153 Å². The molecule has 0 spiro atoms. The van der Waals surface area contributed by atoms with Crippen LogP contribution in [0.15, 0.2) is 42.5 Å². The molecule has 2 heterocycles. The van der Waals surface area contributed by atoms with E-state index >= 15 is 0 Å². The van der Waals surface area contributed by atoms with E-state index in [9.17, 15) is 18.4 Å². The van der Waals surface area contributed by atoms with Gasteiger partial charge in [-0.25, -0.2) is 0 Å². The van der Waals surface area contributed by atoms with Gasteiger partial charge in [0, 0.05) is 18.7 Å². The summed E-state index contributed by atoms with van der Waals surface area (Å²) in [7, 11) is 0. The Balaban J connectivity index is 1.62. The highest BCUT2D eigenvalue weighted by Crippen LogP contribution is 2.42. The molecule has 1 N–H and O–H groups in total. The molecule has 0 bridgehead atoms. The van der Waals surface area contributed by atoms with Gasteiger partial charge in [-0.2, -0.15) is 0 Å². The summed E-state index contributed by atoms with van der Waals surface area (Å²) in [5, 5.41) is 2.72. The van der Waals surface area contributed by atoms with Crippen LogP contribution >= 0.6 is 0 Å². The number of carbonyl (C=O) groups excluding carboxylic acids is 2. The minimum atomic E-state index is -3.68. The summed E-state index contributed by atoms with van der Waals surface area (Å²) in [6, 6.07) is 10.7. The third kappa shape index (κ3) is 3.18. The molecule has 27 heavy (non-hydrogen) atoms. The lowest BCUT2D eigenvalue weighted by Gasteiger charge is -2.32. The van der Waals surface area contributed by atoms with E-state index in [4.69, 9.17) is 0 Å². The lowest BCUT2D eigenvalue weighted by Crippen LogP contribution is -2.55. The first-order valence-corrected chi connectivity index (χ1v) is 8.43. The van der Waals surface area contributed by atoms with Crippen LogP contribution in [0.2, 0.25) is 0 Å². The number of piperazine rings is 1. The smallest absolute Gasteiger partial charge is 0.395 e. The minimum absolute atomic E-state index is 0.0378. The van der Waals surface area contributed by atoms with Crippen molar-refractivity contribution < 1.29 is 27.8 Å². The fourth-order valence-corrected chi connectivity index (χ4v) is 3.19. The lowest BCUT2D eigenvalue weighted by atomic mass is 10.0. The highest BCUT2D eigenvalue weighted by atomic mass is 19.3. The van der Waals surface area contributed by atoms with Gasteiger partial charge in [0.15, 0.2) is 11.5 Å². The number of hydrogen-bond acceptors (Lipinski definition) is 4. The highest BCUT2D eigenvalue weighted by Gasteiger charge is 2.43. The van der Waals surface area contributed by atoms with Gasteiger partial charge >= 0.3 is 6.29 Å². The van der Waals surface area contributed by atoms with Gasteiger partial charge < -0.3 is 19.7 Å². The molecule has 6 nitrogen and oxygen atoms in total. The second-order valence-corrected chi connectivity index (χ2v) is 6.38. The Morgan fingerprint density at radius 1 is 1.15 bits per heavy atom. The molecule has 2 aromatic carbocycles. The summed E-state index contributed by atoms with van der Waals surface area (Å²) in [5.41, 5.74) is 1.68. The summed E-state index contributed by atoms with van der Waals surface area (Å²) in [4.78, 5) is 26.1. The second kappa shape index (κ2) is 6.22. The Hall–Kier alpha value is -3.16. The fourth-order valence-electron chi connectivity index (χ4n) is 3.19. The Kier molecular flexibility index (Phi) is 3.98. The van der Waals surface area contributed by atoms with Gasteiger partial charge in [0.2, 0.25) is 5.91 Å². The van der Waals surface area contributed by atoms with Gasteiger partial charge in [0.25, 0.3) is 5.91 Å². The molecular formula is C19H16F2N2O4. The highest BCUT2D eigenvalue weighted by molar-refractivity contribution is 5.99. The van der Waals surface area contributed by atoms with Crippen LogP contribution in [0.3, 0.4) is 0 Å². The van der Waals surface area contributed by atoms with E-state index in [0.717, 1.165) is 0 Å². The molecule has 0 radical (unpaired) electrons. The number of hydrogen-bond donors (Lipinski definition) is 1. The van der Waals surface area contributed by atoms with Gasteiger partial charge in [0.05, 0.1) is 0 Å². The van der Waals surface area contributed by atoms with Crippen LogP contribution in [-0.2, 0) is 4.79 Å². The monoisotopic (exact) mass is 374 g/mol. The Bertz CT molecular complexity index is 932. The van der Waals surface area contributed by atoms with Crippen molar-refractivity contribution in [2.45, 2.75) is 19.3 Å². The van der Waals surface area contributed by atoms with Crippen LogP contribution in [0.1, 0.15) is 17.3 Å². The van der Waals surface area contributed by atoms with Crippen molar-refractivity contribution in [1.82, 2.24) is 10.2 Å². The van der Waals surface area contributed by atoms with Crippen molar-refractivity contribution in [3.05, 3.63) is 48.0 Å². The summed E-state index contributed by atoms with van der Waals surface area (Å²) in [6.07, 6.45) is -3.68. The van der Waals surface area contributed by atoms with Crippen molar-refractivity contribution in [2.24, 2.45) is 0 Å². The number of halogens is 2. The normalized spacial score (nSPS) is 20.3. The van der Waals surface area contributed by atoms with Crippen LogP contribution in [0.4, 0.5) is 8.78 Å². The third-order valence-corrected chi connectivity index (χ3v) is 4.60. The zero-order valence-corrected chi connectivity index (χ0v) is 14.4. The first-order chi connectivity index (χ1) is 12.8. The molecule has 2 aromatic rings. The molecule has 2 aliphatic heterocycles. The van der Waals surface area contributed by atoms with Crippen LogP contribution < -0.4 is 14.8 Å². The van der Waals surface area contributed by atoms with Crippen molar-refractivity contribution in [3.8, 4) is 22.6 Å². The first kappa shape index (κ1) is 17.3. The van der Waals surface area contributed by atoms with Gasteiger partial charge in [0.1, 0.15) is 6.04 Å². The summed E-state index contributed by atoms with van der Waals surface area (Å²) < 4.78 is 35.3. The average molecular weight is 374 g/mol. The number of rotatable bonds is 2. The summed E-state index contributed by atoms with van der Waals surface area (Å²) in [6.45, 7) is 2.51. The van der Waals surface area contributed by atoms with E-state index < -0.39 is 12.3 Å². The molecule has 2 amide bonds. The summed E-state index contributed by atoms with van der Waals surface area (Å²) in [5.74, 6) is -0.548. The minimum Gasteiger partial charge on any atom is -0.395 e. The maximum absolute atomic E-state index is 13.2. The molecule has 1 unspecified atom stereocenters. The number of nitrogens with zero attached hydrogens (tertiary/aromatic N) is 1. The molecule has 4 rings (SSSR count). The number of benzene rings is 2. The lowest BCUT2D eigenvalue weighted by molar-refractivity contribution is -0.286. The SMILES string of the molecule is CC1C(=O)NCCN1C(=O)c1cccc(-c2ccc3c(c2)OC(F)(F)O3)c1. The third-order valence-electron chi connectivity index (χ3n) is 4.60. The van der Waals surface area contributed by atoms with E-state index in [1.807, 2.05) is 0 Å². The predicted molar refractivity (Wildman–Crippen MR) is 91.6 cm³/mol. The standard InChI is InChI=1S/C19H16F2N2O4/c1-11-17(24)22-7-8-23(11)18(25)14-4-2-3-12(9-14)13-5-6-15-16(10-13)27-19(20,21)26-15/h2-6,9-11H,7-8H2,1H3,(H,22,24). The maximum atomic E-state index is 13.2. The van der Waals surface area contributed by atoms with Gasteiger partial charge in [-0.1, -0.05) is 18.2 Å². The van der Waals surface area contributed by atoms with Gasteiger partial charge in [-0.15, -0.1) is 8.78 Å². The second-order valence-electron chi connectivity index (χ2n) is 6.38.